The average molecular weight is 378 g/mol. The monoisotopic (exact) mass is 378 g/mol. The Labute approximate surface area is 166 Å². The maximum absolute atomic E-state index is 12.0. The summed E-state index contributed by atoms with van der Waals surface area (Å²) in [5.41, 5.74) is 3.22. The molecular formula is C22H23BO5. The van der Waals surface area contributed by atoms with Crippen LogP contribution in [0.15, 0.2) is 60.7 Å². The highest BCUT2D eigenvalue weighted by Crippen LogP contribution is 2.14. The van der Waals surface area contributed by atoms with Crippen LogP contribution in [0.3, 0.4) is 0 Å². The summed E-state index contributed by atoms with van der Waals surface area (Å²) in [7, 11) is 3.56. The van der Waals surface area contributed by atoms with Gasteiger partial charge in [0, 0.05) is 18.1 Å². The number of benzene rings is 2. The Morgan fingerprint density at radius 1 is 1.14 bits per heavy atom. The van der Waals surface area contributed by atoms with E-state index < -0.39 is 11.9 Å². The minimum atomic E-state index is -0.461. The quantitative estimate of drug-likeness (QED) is 0.305. The third kappa shape index (κ3) is 6.47. The molecule has 0 saturated carbocycles. The van der Waals surface area contributed by atoms with E-state index in [1.807, 2.05) is 38.2 Å². The molecule has 0 saturated heterocycles. The van der Waals surface area contributed by atoms with Crippen LogP contribution in [-0.4, -0.2) is 33.5 Å². The van der Waals surface area contributed by atoms with Crippen molar-refractivity contribution < 1.29 is 23.8 Å². The van der Waals surface area contributed by atoms with Crippen molar-refractivity contribution in [3.63, 3.8) is 0 Å². The lowest BCUT2D eigenvalue weighted by Crippen LogP contribution is -2.08. The Morgan fingerprint density at radius 3 is 2.46 bits per heavy atom. The Morgan fingerprint density at radius 2 is 1.86 bits per heavy atom. The zero-order valence-electron chi connectivity index (χ0n) is 16.4. The molecule has 0 heterocycles. The van der Waals surface area contributed by atoms with Gasteiger partial charge in [-0.2, -0.15) is 0 Å². The maximum Gasteiger partial charge on any atom is 0.336 e. The molecule has 0 aromatic heterocycles. The fraction of sp³-hybridized carbons (Fsp3) is 0.182. The summed E-state index contributed by atoms with van der Waals surface area (Å²) in [5.74, 6) is 0.387. The van der Waals surface area contributed by atoms with Crippen LogP contribution in [0.1, 0.15) is 18.1 Å². The third-order valence-electron chi connectivity index (χ3n) is 3.94. The van der Waals surface area contributed by atoms with Crippen molar-refractivity contribution in [2.45, 2.75) is 13.3 Å². The van der Waals surface area contributed by atoms with Crippen molar-refractivity contribution in [3.8, 4) is 11.5 Å². The van der Waals surface area contributed by atoms with Crippen LogP contribution in [0, 0.1) is 0 Å². The normalized spacial score (nSPS) is 10.5. The van der Waals surface area contributed by atoms with Crippen LogP contribution in [0.2, 0.25) is 0 Å². The largest absolute Gasteiger partial charge is 0.497 e. The molecule has 0 aliphatic carbocycles. The number of esters is 2. The van der Waals surface area contributed by atoms with E-state index in [1.165, 1.54) is 6.08 Å². The molecule has 0 unspecified atom stereocenters. The molecule has 0 aliphatic rings. The topological polar surface area (TPSA) is 61.8 Å². The molecule has 6 heteroatoms. The zero-order chi connectivity index (χ0) is 20.5. The van der Waals surface area contributed by atoms with Gasteiger partial charge in [-0.1, -0.05) is 30.8 Å². The zero-order valence-corrected chi connectivity index (χ0v) is 16.4. The number of carbonyl (C=O) groups excluding carboxylic acids is 2. The van der Waals surface area contributed by atoms with Gasteiger partial charge in [0.1, 0.15) is 19.3 Å². The molecule has 2 rings (SSSR count). The molecular weight excluding hydrogens is 355 g/mol. The van der Waals surface area contributed by atoms with Crippen molar-refractivity contribution in [2.75, 3.05) is 13.7 Å². The summed E-state index contributed by atoms with van der Waals surface area (Å²) in [5, 5.41) is 0. The van der Waals surface area contributed by atoms with Gasteiger partial charge in [-0.25, -0.2) is 9.59 Å². The summed E-state index contributed by atoms with van der Waals surface area (Å²) < 4.78 is 15.6. The van der Waals surface area contributed by atoms with Crippen molar-refractivity contribution in [2.24, 2.45) is 0 Å². The van der Waals surface area contributed by atoms with Crippen LogP contribution >= 0.6 is 0 Å². The number of ether oxygens (including phenoxy) is 3. The number of hydrogen-bond donors (Lipinski definition) is 0. The maximum atomic E-state index is 12.0. The first-order valence-corrected chi connectivity index (χ1v) is 8.85. The van der Waals surface area contributed by atoms with Gasteiger partial charge in [0.05, 0.1) is 13.7 Å². The lowest BCUT2D eigenvalue weighted by atomic mass is 9.93. The van der Waals surface area contributed by atoms with Crippen LogP contribution in [0.5, 0.6) is 11.5 Å². The first-order valence-electron chi connectivity index (χ1n) is 8.85. The second kappa shape index (κ2) is 10.2. The van der Waals surface area contributed by atoms with Crippen molar-refractivity contribution in [1.82, 2.24) is 0 Å². The summed E-state index contributed by atoms with van der Waals surface area (Å²) in [4.78, 5) is 23.3. The van der Waals surface area contributed by atoms with E-state index in [9.17, 15) is 9.59 Å². The molecule has 28 heavy (non-hydrogen) atoms. The molecule has 0 atom stereocenters. The molecule has 0 spiro atoms. The smallest absolute Gasteiger partial charge is 0.336 e. The minimum absolute atomic E-state index is 0.273. The summed E-state index contributed by atoms with van der Waals surface area (Å²) in [6.45, 7) is 5.41. The average Bonchev–Trinajstić information content (AvgIpc) is 2.67. The molecule has 2 aromatic carbocycles. The second-order valence-electron chi connectivity index (χ2n) is 6.29. The predicted molar refractivity (Wildman–Crippen MR) is 112 cm³/mol. The second-order valence-corrected chi connectivity index (χ2v) is 6.29. The van der Waals surface area contributed by atoms with Crippen LogP contribution in [0.25, 0.3) is 6.08 Å². The van der Waals surface area contributed by atoms with E-state index in [4.69, 9.17) is 14.2 Å². The van der Waals surface area contributed by atoms with Gasteiger partial charge in [-0.3, -0.25) is 0 Å². The van der Waals surface area contributed by atoms with Gasteiger partial charge in [-0.05, 0) is 47.8 Å². The lowest BCUT2D eigenvalue weighted by molar-refractivity contribution is -0.138. The van der Waals surface area contributed by atoms with E-state index >= 15 is 0 Å². The molecule has 144 valence electrons. The Bertz CT molecular complexity index is 884. The number of methoxy groups -OCH3 is 1. The highest BCUT2D eigenvalue weighted by molar-refractivity contribution is 6.34. The number of hydrogen-bond acceptors (Lipinski definition) is 5. The van der Waals surface area contributed by atoms with Crippen molar-refractivity contribution in [1.29, 1.82) is 0 Å². The third-order valence-corrected chi connectivity index (χ3v) is 3.94. The molecule has 0 bridgehead atoms. The van der Waals surface area contributed by atoms with Gasteiger partial charge in [0.25, 0.3) is 0 Å². The Balaban J connectivity index is 1.86. The Hall–Kier alpha value is -3.28. The SMILES string of the molecule is Bc1cc(/C=C/C(=O)Oc2ccc(CCOC(=O)C(=C)C)cc2)ccc1OC. The summed E-state index contributed by atoms with van der Waals surface area (Å²) in [6, 6.07) is 12.7. The molecule has 0 aliphatic heterocycles. The molecule has 2 aromatic rings. The highest BCUT2D eigenvalue weighted by atomic mass is 16.5. The molecule has 0 radical (unpaired) electrons. The van der Waals surface area contributed by atoms with Crippen molar-refractivity contribution in [3.05, 3.63) is 71.8 Å². The molecule has 0 amide bonds. The van der Waals surface area contributed by atoms with Crippen LogP contribution in [0.4, 0.5) is 0 Å². The molecule has 5 nitrogen and oxygen atoms in total. The lowest BCUT2D eigenvalue weighted by Gasteiger charge is -2.06. The summed E-state index contributed by atoms with van der Waals surface area (Å²) >= 11 is 0. The predicted octanol–water partition coefficient (Wildman–Crippen LogP) is 2.23. The van der Waals surface area contributed by atoms with E-state index in [1.54, 1.807) is 32.2 Å². The van der Waals surface area contributed by atoms with Gasteiger partial charge >= 0.3 is 11.9 Å². The van der Waals surface area contributed by atoms with E-state index in [0.717, 1.165) is 22.3 Å². The van der Waals surface area contributed by atoms with Gasteiger partial charge in [-0.15, -0.1) is 0 Å². The standard InChI is InChI=1S/C22H23BO5/c1-15(2)22(25)27-13-12-16-4-8-18(9-5-16)28-21(24)11-7-17-6-10-20(26-3)19(23)14-17/h4-11,14H,1,12-13,23H2,2-3H3/b11-7+. The van der Waals surface area contributed by atoms with Gasteiger partial charge in [0.15, 0.2) is 0 Å². The molecule has 0 N–H and O–H groups in total. The van der Waals surface area contributed by atoms with Crippen LogP contribution in [-0.2, 0) is 20.7 Å². The fourth-order valence-electron chi connectivity index (χ4n) is 2.43. The first-order chi connectivity index (χ1) is 13.4. The first kappa shape index (κ1) is 21.0. The van der Waals surface area contributed by atoms with Crippen LogP contribution < -0.4 is 14.9 Å². The number of rotatable bonds is 8. The fourth-order valence-corrected chi connectivity index (χ4v) is 2.43. The molecule has 0 fully saturated rings. The minimum Gasteiger partial charge on any atom is -0.497 e. The van der Waals surface area contributed by atoms with E-state index in [-0.39, 0.29) is 6.61 Å². The summed E-state index contributed by atoms with van der Waals surface area (Å²) in [6.07, 6.45) is 3.65. The number of carbonyl (C=O) groups is 2. The van der Waals surface area contributed by atoms with E-state index in [0.29, 0.717) is 17.7 Å². The van der Waals surface area contributed by atoms with Gasteiger partial charge < -0.3 is 14.2 Å². The Kier molecular flexibility index (Phi) is 7.63. The van der Waals surface area contributed by atoms with Gasteiger partial charge in [0.2, 0.25) is 0 Å². The highest BCUT2D eigenvalue weighted by Gasteiger charge is 2.05. The van der Waals surface area contributed by atoms with Crippen molar-refractivity contribution >= 4 is 31.3 Å². The van der Waals surface area contributed by atoms with E-state index in [2.05, 4.69) is 6.58 Å².